The molecule has 2 aromatic rings. The van der Waals surface area contributed by atoms with E-state index in [1.54, 1.807) is 17.5 Å². The number of nitrogens with zero attached hydrogens (tertiary/aromatic N) is 1. The molecule has 0 atom stereocenters. The van der Waals surface area contributed by atoms with E-state index in [1.165, 1.54) is 47.5 Å². The summed E-state index contributed by atoms with van der Waals surface area (Å²) in [6, 6.07) is 8.84. The zero-order valence-corrected chi connectivity index (χ0v) is 11.5. The van der Waals surface area contributed by atoms with E-state index in [4.69, 9.17) is 4.74 Å². The monoisotopic (exact) mass is 293 g/mol. The van der Waals surface area contributed by atoms with E-state index in [1.807, 2.05) is 0 Å². The maximum absolute atomic E-state index is 12.8. The predicted molar refractivity (Wildman–Crippen MR) is 74.4 cm³/mol. The highest BCUT2D eigenvalue weighted by atomic mass is 32.1. The molecule has 6 heteroatoms. The van der Waals surface area contributed by atoms with Crippen LogP contribution in [0.15, 0.2) is 41.8 Å². The van der Waals surface area contributed by atoms with Gasteiger partial charge >= 0.3 is 5.97 Å². The second-order valence-electron chi connectivity index (χ2n) is 3.98. The lowest BCUT2D eigenvalue weighted by Crippen LogP contribution is -2.31. The minimum Gasteiger partial charge on any atom is -0.451 e. The molecule has 0 fully saturated rings. The highest BCUT2D eigenvalue weighted by Gasteiger charge is 2.15. The molecule has 0 aliphatic carbocycles. The van der Waals surface area contributed by atoms with E-state index in [2.05, 4.69) is 0 Å². The number of hydrogen-bond acceptors (Lipinski definition) is 4. The van der Waals surface area contributed by atoms with Gasteiger partial charge in [0.2, 0.25) is 0 Å². The molecule has 0 bridgehead atoms. The van der Waals surface area contributed by atoms with Crippen LogP contribution in [0, 0.1) is 5.82 Å². The Morgan fingerprint density at radius 1 is 1.25 bits per heavy atom. The fourth-order valence-electron chi connectivity index (χ4n) is 1.50. The van der Waals surface area contributed by atoms with Gasteiger partial charge in [-0.25, -0.2) is 9.18 Å². The lowest BCUT2D eigenvalue weighted by atomic mass is 10.3. The smallest absolute Gasteiger partial charge is 0.348 e. The van der Waals surface area contributed by atoms with Crippen LogP contribution in [0.4, 0.5) is 10.1 Å². The maximum atomic E-state index is 12.8. The summed E-state index contributed by atoms with van der Waals surface area (Å²) in [5.74, 6) is -1.29. The number of halogens is 1. The Morgan fingerprint density at radius 2 is 1.95 bits per heavy atom. The number of amides is 1. The van der Waals surface area contributed by atoms with E-state index >= 15 is 0 Å². The highest BCUT2D eigenvalue weighted by Crippen LogP contribution is 2.14. The summed E-state index contributed by atoms with van der Waals surface area (Å²) < 4.78 is 17.7. The van der Waals surface area contributed by atoms with Crippen molar-refractivity contribution in [3.05, 3.63) is 52.5 Å². The third kappa shape index (κ3) is 3.42. The summed E-state index contributed by atoms with van der Waals surface area (Å²) in [7, 11) is 1.54. The van der Waals surface area contributed by atoms with Crippen LogP contribution in [0.25, 0.3) is 0 Å². The van der Waals surface area contributed by atoms with Crippen LogP contribution >= 0.6 is 11.3 Å². The van der Waals surface area contributed by atoms with E-state index < -0.39 is 5.97 Å². The molecule has 0 unspecified atom stereocenters. The molecule has 4 nitrogen and oxygen atoms in total. The second kappa shape index (κ2) is 6.29. The van der Waals surface area contributed by atoms with Crippen LogP contribution in [-0.4, -0.2) is 25.5 Å². The number of likely N-dealkylation sites (N-methyl/N-ethyl adjacent to an activating group) is 1. The van der Waals surface area contributed by atoms with E-state index in [0.29, 0.717) is 10.6 Å². The van der Waals surface area contributed by atoms with Crippen LogP contribution < -0.4 is 4.90 Å². The zero-order valence-electron chi connectivity index (χ0n) is 10.7. The number of rotatable bonds is 4. The molecule has 104 valence electrons. The van der Waals surface area contributed by atoms with Crippen molar-refractivity contribution in [2.75, 3.05) is 18.6 Å². The van der Waals surface area contributed by atoms with Crippen molar-refractivity contribution in [1.29, 1.82) is 0 Å². The van der Waals surface area contributed by atoms with E-state index in [9.17, 15) is 14.0 Å². The average molecular weight is 293 g/mol. The lowest BCUT2D eigenvalue weighted by molar-refractivity contribution is -0.121. The highest BCUT2D eigenvalue weighted by molar-refractivity contribution is 7.11. The molecule has 0 spiro atoms. The van der Waals surface area contributed by atoms with Gasteiger partial charge in [-0.1, -0.05) is 6.07 Å². The van der Waals surface area contributed by atoms with Gasteiger partial charge in [-0.2, -0.15) is 0 Å². The Bertz CT molecular complexity index is 595. The lowest BCUT2D eigenvalue weighted by Gasteiger charge is -2.17. The van der Waals surface area contributed by atoms with Gasteiger partial charge in [0.25, 0.3) is 5.91 Å². The van der Waals surface area contributed by atoms with Crippen LogP contribution in [0.3, 0.4) is 0 Å². The van der Waals surface area contributed by atoms with Gasteiger partial charge in [0.15, 0.2) is 6.61 Å². The summed E-state index contributed by atoms with van der Waals surface area (Å²) >= 11 is 1.25. The van der Waals surface area contributed by atoms with Crippen LogP contribution in [0.2, 0.25) is 0 Å². The van der Waals surface area contributed by atoms with Gasteiger partial charge in [-0.3, -0.25) is 4.79 Å². The van der Waals surface area contributed by atoms with E-state index in [-0.39, 0.29) is 18.3 Å². The predicted octanol–water partition coefficient (Wildman–Crippen LogP) is 2.71. The first-order valence-corrected chi connectivity index (χ1v) is 6.68. The molecule has 1 heterocycles. The molecule has 1 aromatic heterocycles. The molecule has 1 aromatic carbocycles. The first kappa shape index (κ1) is 14.2. The Balaban J connectivity index is 1.91. The van der Waals surface area contributed by atoms with Gasteiger partial charge < -0.3 is 9.64 Å². The number of ether oxygens (including phenoxy) is 1. The van der Waals surface area contributed by atoms with Crippen molar-refractivity contribution < 1.29 is 18.7 Å². The SMILES string of the molecule is CN(C(=O)COC(=O)c1cccs1)c1ccc(F)cc1. The number of esters is 1. The number of benzene rings is 1. The molecule has 2 rings (SSSR count). The maximum Gasteiger partial charge on any atom is 0.348 e. The summed E-state index contributed by atoms with van der Waals surface area (Å²) in [5.41, 5.74) is 0.531. The Morgan fingerprint density at radius 3 is 2.55 bits per heavy atom. The minimum absolute atomic E-state index is 0.357. The topological polar surface area (TPSA) is 46.6 Å². The van der Waals surface area contributed by atoms with Gasteiger partial charge in [-0.05, 0) is 35.7 Å². The van der Waals surface area contributed by atoms with Crippen molar-refractivity contribution in [3.63, 3.8) is 0 Å². The molecule has 0 saturated heterocycles. The minimum atomic E-state index is -0.527. The molecule has 20 heavy (non-hydrogen) atoms. The molecule has 0 radical (unpaired) electrons. The average Bonchev–Trinajstić information content (AvgIpc) is 2.98. The van der Waals surface area contributed by atoms with Crippen molar-refractivity contribution in [2.24, 2.45) is 0 Å². The summed E-state index contributed by atoms with van der Waals surface area (Å²) in [5, 5.41) is 1.75. The summed E-state index contributed by atoms with van der Waals surface area (Å²) in [6.07, 6.45) is 0. The van der Waals surface area contributed by atoms with Gasteiger partial charge in [0.05, 0.1) is 0 Å². The fourth-order valence-corrected chi connectivity index (χ4v) is 2.11. The first-order chi connectivity index (χ1) is 9.58. The van der Waals surface area contributed by atoms with E-state index in [0.717, 1.165) is 0 Å². The van der Waals surface area contributed by atoms with Crippen molar-refractivity contribution in [2.45, 2.75) is 0 Å². The molecule has 0 saturated carbocycles. The molecule has 1 amide bonds. The summed E-state index contributed by atoms with van der Waals surface area (Å²) in [6.45, 7) is -0.357. The molecule has 0 N–H and O–H groups in total. The van der Waals surface area contributed by atoms with Crippen molar-refractivity contribution in [3.8, 4) is 0 Å². The number of thiophene rings is 1. The molecule has 0 aliphatic heterocycles. The quantitative estimate of drug-likeness (QED) is 0.814. The van der Waals surface area contributed by atoms with Gasteiger partial charge in [0.1, 0.15) is 10.7 Å². The Labute approximate surface area is 119 Å². The van der Waals surface area contributed by atoms with Crippen LogP contribution in [0.1, 0.15) is 9.67 Å². The standard InChI is InChI=1S/C14H12FNO3S/c1-16(11-6-4-10(15)5-7-11)13(17)9-19-14(18)12-3-2-8-20-12/h2-8H,9H2,1H3. The second-order valence-corrected chi connectivity index (χ2v) is 4.93. The Hall–Kier alpha value is -2.21. The number of carbonyl (C=O) groups excluding carboxylic acids is 2. The van der Waals surface area contributed by atoms with Crippen molar-refractivity contribution >= 4 is 28.9 Å². The normalized spacial score (nSPS) is 10.1. The van der Waals surface area contributed by atoms with Crippen molar-refractivity contribution in [1.82, 2.24) is 0 Å². The summed E-state index contributed by atoms with van der Waals surface area (Å²) in [4.78, 5) is 25.2. The van der Waals surface area contributed by atoms with Crippen LogP contribution in [0.5, 0.6) is 0 Å². The third-order valence-electron chi connectivity index (χ3n) is 2.64. The molecular formula is C14H12FNO3S. The van der Waals surface area contributed by atoms with Crippen LogP contribution in [-0.2, 0) is 9.53 Å². The zero-order chi connectivity index (χ0) is 14.5. The fraction of sp³-hybridized carbons (Fsp3) is 0.143. The number of anilines is 1. The third-order valence-corrected chi connectivity index (χ3v) is 3.49. The molecular weight excluding hydrogens is 281 g/mol. The Kier molecular flexibility index (Phi) is 4.47. The van der Waals surface area contributed by atoms with Gasteiger partial charge in [0, 0.05) is 12.7 Å². The first-order valence-electron chi connectivity index (χ1n) is 5.80. The number of hydrogen-bond donors (Lipinski definition) is 0. The van der Waals surface area contributed by atoms with Gasteiger partial charge in [-0.15, -0.1) is 11.3 Å². The largest absolute Gasteiger partial charge is 0.451 e. The number of carbonyl (C=O) groups is 2. The molecule has 0 aliphatic rings.